The zero-order valence-electron chi connectivity index (χ0n) is 10.4. The van der Waals surface area contributed by atoms with E-state index >= 15 is 0 Å². The molecule has 0 radical (unpaired) electrons. The van der Waals surface area contributed by atoms with Gasteiger partial charge in [0, 0.05) is 12.1 Å². The SMILES string of the molecule is CSCC[C@@H](CO)N[C@@H](C)c1cccc(O)c1. The molecule has 1 aromatic rings. The van der Waals surface area contributed by atoms with Crippen LogP contribution in [0, 0.1) is 0 Å². The van der Waals surface area contributed by atoms with Gasteiger partial charge in [-0.1, -0.05) is 12.1 Å². The normalized spacial score (nSPS) is 14.5. The number of rotatable bonds is 7. The van der Waals surface area contributed by atoms with E-state index in [4.69, 9.17) is 0 Å². The van der Waals surface area contributed by atoms with Crippen LogP contribution in [0.15, 0.2) is 24.3 Å². The Morgan fingerprint density at radius 1 is 1.41 bits per heavy atom. The maximum Gasteiger partial charge on any atom is 0.115 e. The minimum atomic E-state index is 0.111. The largest absolute Gasteiger partial charge is 0.508 e. The number of benzene rings is 1. The summed E-state index contributed by atoms with van der Waals surface area (Å²) in [6, 6.07) is 7.45. The molecule has 0 amide bonds. The van der Waals surface area contributed by atoms with E-state index in [0.29, 0.717) is 0 Å². The van der Waals surface area contributed by atoms with Gasteiger partial charge in [-0.25, -0.2) is 0 Å². The van der Waals surface area contributed by atoms with Gasteiger partial charge in [0.2, 0.25) is 0 Å². The number of nitrogens with one attached hydrogen (secondary N) is 1. The van der Waals surface area contributed by atoms with E-state index in [2.05, 4.69) is 11.6 Å². The summed E-state index contributed by atoms with van der Waals surface area (Å²) in [4.78, 5) is 0. The molecule has 0 aliphatic heterocycles. The first-order valence-corrected chi connectivity index (χ1v) is 7.21. The van der Waals surface area contributed by atoms with Crippen molar-refractivity contribution in [1.29, 1.82) is 0 Å². The van der Waals surface area contributed by atoms with E-state index < -0.39 is 0 Å². The molecule has 0 unspecified atom stereocenters. The summed E-state index contributed by atoms with van der Waals surface area (Å²) in [5, 5.41) is 22.1. The quantitative estimate of drug-likeness (QED) is 0.699. The Bertz CT molecular complexity index is 333. The molecule has 0 heterocycles. The number of phenolic OH excluding ortho intramolecular Hbond substituents is 1. The van der Waals surface area contributed by atoms with Gasteiger partial charge in [-0.15, -0.1) is 0 Å². The van der Waals surface area contributed by atoms with Crippen molar-refractivity contribution in [1.82, 2.24) is 5.32 Å². The van der Waals surface area contributed by atoms with E-state index in [1.165, 1.54) is 0 Å². The fraction of sp³-hybridized carbons (Fsp3) is 0.538. The van der Waals surface area contributed by atoms with Crippen LogP contribution in [0.25, 0.3) is 0 Å². The van der Waals surface area contributed by atoms with Gasteiger partial charge in [0.1, 0.15) is 5.75 Å². The number of aliphatic hydroxyl groups excluding tert-OH is 1. The third-order valence-electron chi connectivity index (χ3n) is 2.75. The molecule has 0 fully saturated rings. The summed E-state index contributed by atoms with van der Waals surface area (Å²) in [7, 11) is 0. The topological polar surface area (TPSA) is 52.5 Å². The molecule has 0 aromatic heterocycles. The third-order valence-corrected chi connectivity index (χ3v) is 3.39. The Kier molecular flexibility index (Phi) is 6.40. The van der Waals surface area contributed by atoms with E-state index in [1.54, 1.807) is 23.9 Å². The summed E-state index contributed by atoms with van der Waals surface area (Å²) >= 11 is 1.78. The van der Waals surface area contributed by atoms with Crippen molar-refractivity contribution in [3.8, 4) is 5.75 Å². The van der Waals surface area contributed by atoms with Gasteiger partial charge >= 0.3 is 0 Å². The first-order chi connectivity index (χ1) is 8.17. The lowest BCUT2D eigenvalue weighted by Crippen LogP contribution is -2.35. The first-order valence-electron chi connectivity index (χ1n) is 5.82. The molecule has 1 aromatic carbocycles. The Hall–Kier alpha value is -0.710. The maximum absolute atomic E-state index is 9.41. The molecular formula is C13H21NO2S. The molecule has 2 atom stereocenters. The standard InChI is InChI=1S/C13H21NO2S/c1-10(11-4-3-5-13(16)8-11)14-12(9-15)6-7-17-2/h3-5,8,10,12,14-16H,6-7,9H2,1-2H3/t10-,12-/m0/s1. The average molecular weight is 255 g/mol. The highest BCUT2D eigenvalue weighted by molar-refractivity contribution is 7.98. The van der Waals surface area contributed by atoms with Crippen molar-refractivity contribution in [2.24, 2.45) is 0 Å². The minimum absolute atomic E-state index is 0.111. The molecular weight excluding hydrogens is 234 g/mol. The van der Waals surface area contributed by atoms with E-state index in [1.807, 2.05) is 19.1 Å². The monoisotopic (exact) mass is 255 g/mol. The lowest BCUT2D eigenvalue weighted by atomic mass is 10.1. The Morgan fingerprint density at radius 3 is 2.76 bits per heavy atom. The number of phenols is 1. The van der Waals surface area contributed by atoms with Crippen LogP contribution >= 0.6 is 11.8 Å². The van der Waals surface area contributed by atoms with Crippen LogP contribution in [0.4, 0.5) is 0 Å². The molecule has 1 rings (SSSR count). The van der Waals surface area contributed by atoms with Crippen molar-refractivity contribution in [2.45, 2.75) is 25.4 Å². The lowest BCUT2D eigenvalue weighted by molar-refractivity contribution is 0.231. The average Bonchev–Trinajstić information content (AvgIpc) is 2.34. The van der Waals surface area contributed by atoms with Gasteiger partial charge in [-0.05, 0) is 43.0 Å². The first kappa shape index (κ1) is 14.4. The molecule has 0 bridgehead atoms. The molecule has 96 valence electrons. The van der Waals surface area contributed by atoms with Gasteiger partial charge in [0.15, 0.2) is 0 Å². The van der Waals surface area contributed by atoms with Crippen LogP contribution in [0.1, 0.15) is 24.9 Å². The van der Waals surface area contributed by atoms with Crippen molar-refractivity contribution >= 4 is 11.8 Å². The lowest BCUT2D eigenvalue weighted by Gasteiger charge is -2.22. The predicted octanol–water partition coefficient (Wildman–Crippen LogP) is 2.16. The van der Waals surface area contributed by atoms with Crippen LogP contribution < -0.4 is 5.32 Å². The molecule has 3 N–H and O–H groups in total. The van der Waals surface area contributed by atoms with Gasteiger partial charge in [-0.3, -0.25) is 0 Å². The Balaban J connectivity index is 2.54. The highest BCUT2D eigenvalue weighted by atomic mass is 32.2. The molecule has 0 saturated heterocycles. The summed E-state index contributed by atoms with van der Waals surface area (Å²) in [5.74, 6) is 1.31. The highest BCUT2D eigenvalue weighted by Gasteiger charge is 2.12. The summed E-state index contributed by atoms with van der Waals surface area (Å²) < 4.78 is 0. The van der Waals surface area contributed by atoms with Crippen molar-refractivity contribution < 1.29 is 10.2 Å². The Labute approximate surface area is 107 Å². The zero-order valence-corrected chi connectivity index (χ0v) is 11.2. The molecule has 17 heavy (non-hydrogen) atoms. The molecule has 0 aliphatic carbocycles. The molecule has 0 saturated carbocycles. The molecule has 0 aliphatic rings. The van der Waals surface area contributed by atoms with E-state index in [9.17, 15) is 10.2 Å². The zero-order chi connectivity index (χ0) is 12.7. The number of aliphatic hydroxyl groups is 1. The summed E-state index contributed by atoms with van der Waals surface area (Å²) in [5.41, 5.74) is 1.03. The maximum atomic E-state index is 9.41. The van der Waals surface area contributed by atoms with Crippen molar-refractivity contribution in [3.63, 3.8) is 0 Å². The number of aromatic hydroxyl groups is 1. The summed E-state index contributed by atoms with van der Waals surface area (Å²) in [6.45, 7) is 2.18. The van der Waals surface area contributed by atoms with E-state index in [0.717, 1.165) is 17.7 Å². The van der Waals surface area contributed by atoms with Gasteiger partial charge < -0.3 is 15.5 Å². The second-order valence-corrected chi connectivity index (χ2v) is 5.13. The van der Waals surface area contributed by atoms with Crippen LogP contribution in [0.2, 0.25) is 0 Å². The third kappa shape index (κ3) is 4.98. The van der Waals surface area contributed by atoms with Gasteiger partial charge in [-0.2, -0.15) is 11.8 Å². The fourth-order valence-electron chi connectivity index (χ4n) is 1.73. The number of hydrogen-bond donors (Lipinski definition) is 3. The molecule has 3 nitrogen and oxygen atoms in total. The van der Waals surface area contributed by atoms with Crippen LogP contribution in [-0.2, 0) is 0 Å². The van der Waals surface area contributed by atoms with Crippen LogP contribution in [0.5, 0.6) is 5.75 Å². The predicted molar refractivity (Wildman–Crippen MR) is 73.5 cm³/mol. The second kappa shape index (κ2) is 7.58. The number of hydrogen-bond acceptors (Lipinski definition) is 4. The van der Waals surface area contributed by atoms with Crippen LogP contribution in [0.3, 0.4) is 0 Å². The van der Waals surface area contributed by atoms with Crippen LogP contribution in [-0.4, -0.2) is 34.9 Å². The van der Waals surface area contributed by atoms with Gasteiger partial charge in [0.05, 0.1) is 6.61 Å². The van der Waals surface area contributed by atoms with Crippen molar-refractivity contribution in [3.05, 3.63) is 29.8 Å². The minimum Gasteiger partial charge on any atom is -0.508 e. The molecule has 4 heteroatoms. The smallest absolute Gasteiger partial charge is 0.115 e. The number of thioether (sulfide) groups is 1. The molecule has 0 spiro atoms. The van der Waals surface area contributed by atoms with Crippen molar-refractivity contribution in [2.75, 3.05) is 18.6 Å². The highest BCUT2D eigenvalue weighted by Crippen LogP contribution is 2.18. The fourth-order valence-corrected chi connectivity index (χ4v) is 2.25. The second-order valence-electron chi connectivity index (χ2n) is 4.14. The van der Waals surface area contributed by atoms with E-state index in [-0.39, 0.29) is 24.4 Å². The van der Waals surface area contributed by atoms with Gasteiger partial charge in [0.25, 0.3) is 0 Å². The summed E-state index contributed by atoms with van der Waals surface area (Å²) in [6.07, 6.45) is 3.01. The Morgan fingerprint density at radius 2 is 2.18 bits per heavy atom.